The molecule has 4 rings (SSSR count). The summed E-state index contributed by atoms with van der Waals surface area (Å²) in [6.07, 6.45) is -0.612. The maximum absolute atomic E-state index is 10.2. The van der Waals surface area contributed by atoms with E-state index in [0.29, 0.717) is 16.9 Å². The van der Waals surface area contributed by atoms with Gasteiger partial charge in [-0.15, -0.1) is 11.3 Å². The van der Waals surface area contributed by atoms with Gasteiger partial charge in [0, 0.05) is 56.7 Å². The summed E-state index contributed by atoms with van der Waals surface area (Å²) in [6, 6.07) is 4.20. The van der Waals surface area contributed by atoms with E-state index < -0.39 is 6.10 Å². The predicted octanol–water partition coefficient (Wildman–Crippen LogP) is 0.990. The zero-order valence-corrected chi connectivity index (χ0v) is 15.6. The van der Waals surface area contributed by atoms with Gasteiger partial charge in [-0.05, 0) is 19.1 Å². The molecule has 0 saturated carbocycles. The number of hydrogen-bond acceptors (Lipinski definition) is 5. The topological polar surface area (TPSA) is 63.1 Å². The Morgan fingerprint density at radius 3 is 2.75 bits per heavy atom. The summed E-state index contributed by atoms with van der Waals surface area (Å²) in [5.41, 5.74) is 0. The number of rotatable bonds is 6. The lowest BCUT2D eigenvalue weighted by molar-refractivity contribution is 0.0154. The van der Waals surface area contributed by atoms with Gasteiger partial charge in [0.2, 0.25) is 0 Å². The van der Waals surface area contributed by atoms with E-state index in [9.17, 15) is 5.11 Å². The molecule has 8 heteroatoms. The molecular weight excluding hydrogens is 346 g/mol. The Balaban J connectivity index is 1.51. The molecule has 3 N–H and O–H groups in total. The molecule has 0 aromatic carbocycles. The van der Waals surface area contributed by atoms with E-state index in [1.165, 1.54) is 24.4 Å². The summed E-state index contributed by atoms with van der Waals surface area (Å²) < 4.78 is 0.689. The van der Waals surface area contributed by atoms with Crippen molar-refractivity contribution in [2.24, 2.45) is 4.99 Å². The molecule has 0 aliphatic carbocycles. The molecule has 4 heterocycles. The molecule has 2 bridgehead atoms. The minimum atomic E-state index is -0.612. The first kappa shape index (κ1) is 17.9. The molecule has 24 heavy (non-hydrogen) atoms. The van der Waals surface area contributed by atoms with Crippen LogP contribution in [0.25, 0.3) is 0 Å². The van der Waals surface area contributed by atoms with E-state index >= 15 is 0 Å². The fraction of sp³-hybridized carbons (Fsp3) is 0.688. The number of halogens is 1. The lowest BCUT2D eigenvalue weighted by Gasteiger charge is -2.47. The van der Waals surface area contributed by atoms with Gasteiger partial charge in [0.15, 0.2) is 5.96 Å². The second kappa shape index (κ2) is 8.49. The van der Waals surface area contributed by atoms with Gasteiger partial charge in [0.05, 0.1) is 10.9 Å². The third-order valence-corrected chi connectivity index (χ3v) is 5.92. The fourth-order valence-electron chi connectivity index (χ4n) is 3.25. The molecule has 0 radical (unpaired) electrons. The van der Waals surface area contributed by atoms with Crippen LogP contribution in [0.2, 0.25) is 4.34 Å². The number of aliphatic hydroxyl groups excluding tert-OH is 1. The quantitative estimate of drug-likeness (QED) is 0.514. The molecule has 2 atom stereocenters. The Bertz CT molecular complexity index is 558. The van der Waals surface area contributed by atoms with Crippen molar-refractivity contribution in [2.45, 2.75) is 19.1 Å². The van der Waals surface area contributed by atoms with Crippen LogP contribution in [0.5, 0.6) is 0 Å². The molecule has 6 nitrogen and oxygen atoms in total. The first-order valence-corrected chi connectivity index (χ1v) is 9.77. The monoisotopic (exact) mass is 371 g/mol. The number of nitrogens with zero attached hydrogens (tertiary/aromatic N) is 3. The summed E-state index contributed by atoms with van der Waals surface area (Å²) in [4.78, 5) is 10.5. The van der Waals surface area contributed by atoms with Gasteiger partial charge in [-0.3, -0.25) is 14.8 Å². The zero-order valence-electron chi connectivity index (χ0n) is 14.0. The molecule has 1 aromatic heterocycles. The average molecular weight is 372 g/mol. The molecule has 3 fully saturated rings. The van der Waals surface area contributed by atoms with Gasteiger partial charge in [-0.25, -0.2) is 0 Å². The molecule has 0 amide bonds. The zero-order chi connectivity index (χ0) is 16.9. The third kappa shape index (κ3) is 4.61. The molecule has 3 aliphatic heterocycles. The fourth-order valence-corrected chi connectivity index (χ4v) is 4.29. The van der Waals surface area contributed by atoms with Crippen LogP contribution in [0.15, 0.2) is 17.1 Å². The summed E-state index contributed by atoms with van der Waals surface area (Å²) in [5.74, 6) is 0.761. The van der Waals surface area contributed by atoms with E-state index in [-0.39, 0.29) is 0 Å². The Hall–Kier alpha value is -0.860. The number of thiophene rings is 1. The van der Waals surface area contributed by atoms with Crippen molar-refractivity contribution < 1.29 is 5.11 Å². The Kier molecular flexibility index (Phi) is 6.35. The first-order chi connectivity index (χ1) is 11.7. The van der Waals surface area contributed by atoms with Crippen molar-refractivity contribution in [2.75, 3.05) is 52.4 Å². The van der Waals surface area contributed by atoms with E-state index in [4.69, 9.17) is 11.6 Å². The highest BCUT2D eigenvalue weighted by atomic mass is 35.5. The van der Waals surface area contributed by atoms with Crippen LogP contribution < -0.4 is 10.6 Å². The highest BCUT2D eigenvalue weighted by molar-refractivity contribution is 7.16. The number of aliphatic imine (C=N–C) groups is 1. The number of aliphatic hydroxyl groups is 1. The Morgan fingerprint density at radius 2 is 2.17 bits per heavy atom. The smallest absolute Gasteiger partial charge is 0.191 e. The van der Waals surface area contributed by atoms with Crippen molar-refractivity contribution in [1.82, 2.24) is 20.4 Å². The molecule has 0 spiro atoms. The molecular formula is C16H26ClN5OS. The van der Waals surface area contributed by atoms with Gasteiger partial charge in [0.1, 0.15) is 6.10 Å². The molecule has 134 valence electrons. The number of piperazine rings is 3. The first-order valence-electron chi connectivity index (χ1n) is 8.57. The van der Waals surface area contributed by atoms with Gasteiger partial charge < -0.3 is 15.7 Å². The maximum Gasteiger partial charge on any atom is 0.191 e. The second-order valence-corrected chi connectivity index (χ2v) is 8.00. The van der Waals surface area contributed by atoms with Crippen molar-refractivity contribution in [1.29, 1.82) is 0 Å². The lowest BCUT2D eigenvalue weighted by Crippen LogP contribution is -2.63. The van der Waals surface area contributed by atoms with Gasteiger partial charge in [0.25, 0.3) is 0 Å². The predicted molar refractivity (Wildman–Crippen MR) is 100 cm³/mol. The van der Waals surface area contributed by atoms with Gasteiger partial charge in [-0.2, -0.15) is 0 Å². The van der Waals surface area contributed by atoms with Crippen molar-refractivity contribution in [3.05, 3.63) is 21.3 Å². The highest BCUT2D eigenvalue weighted by Crippen LogP contribution is 2.26. The van der Waals surface area contributed by atoms with Crippen LogP contribution in [0, 0.1) is 0 Å². The summed E-state index contributed by atoms with van der Waals surface area (Å²) >= 11 is 7.32. The van der Waals surface area contributed by atoms with Crippen molar-refractivity contribution in [3.63, 3.8) is 0 Å². The number of fused-ring (bicyclic) bond motifs is 3. The van der Waals surface area contributed by atoms with E-state index in [1.807, 2.05) is 13.0 Å². The number of guanidine groups is 1. The normalized spacial score (nSPS) is 28.0. The molecule has 2 unspecified atom stereocenters. The molecule has 1 aromatic rings. The Labute approximate surface area is 152 Å². The van der Waals surface area contributed by atoms with Crippen LogP contribution >= 0.6 is 22.9 Å². The van der Waals surface area contributed by atoms with Crippen molar-refractivity contribution in [3.8, 4) is 0 Å². The minimum absolute atomic E-state index is 0.326. The molecule has 3 aliphatic rings. The van der Waals surface area contributed by atoms with E-state index in [1.54, 1.807) is 6.07 Å². The summed E-state index contributed by atoms with van der Waals surface area (Å²) in [5, 5.41) is 16.9. The van der Waals surface area contributed by atoms with E-state index in [0.717, 1.165) is 43.6 Å². The minimum Gasteiger partial charge on any atom is -0.386 e. The lowest BCUT2D eigenvalue weighted by atomic mass is 10.1. The van der Waals surface area contributed by atoms with Crippen LogP contribution in [0.3, 0.4) is 0 Å². The van der Waals surface area contributed by atoms with Crippen molar-refractivity contribution >= 4 is 28.9 Å². The van der Waals surface area contributed by atoms with Crippen LogP contribution in [-0.4, -0.2) is 79.3 Å². The number of hydrogen-bond donors (Lipinski definition) is 3. The number of nitrogens with one attached hydrogen (secondary N) is 2. The van der Waals surface area contributed by atoms with Gasteiger partial charge in [-0.1, -0.05) is 11.6 Å². The summed E-state index contributed by atoms with van der Waals surface area (Å²) in [7, 11) is 0. The Morgan fingerprint density at radius 1 is 1.38 bits per heavy atom. The van der Waals surface area contributed by atoms with Crippen LogP contribution in [0.1, 0.15) is 17.9 Å². The average Bonchev–Trinajstić information content (AvgIpc) is 3.05. The molecule has 3 saturated heterocycles. The largest absolute Gasteiger partial charge is 0.386 e. The summed E-state index contributed by atoms with van der Waals surface area (Å²) in [6.45, 7) is 9.90. The van der Waals surface area contributed by atoms with Crippen LogP contribution in [0.4, 0.5) is 0 Å². The van der Waals surface area contributed by atoms with Gasteiger partial charge >= 0.3 is 0 Å². The second-order valence-electron chi connectivity index (χ2n) is 6.25. The highest BCUT2D eigenvalue weighted by Gasteiger charge is 2.31. The third-order valence-electron chi connectivity index (χ3n) is 4.59. The SMILES string of the molecule is CCNC(=NCC(O)c1ccc(Cl)s1)NCC1CN2CCN1CC2. The standard InChI is InChI=1S/C16H26ClN5OS/c1-2-18-16(20-10-13(23)14-3-4-15(17)24-14)19-9-12-11-21-5-7-22(12)8-6-21/h3-4,12-13,23H,2,5-11H2,1H3,(H2,18,19,20). The maximum atomic E-state index is 10.2. The van der Waals surface area contributed by atoms with E-state index in [2.05, 4.69) is 25.4 Å². The van der Waals surface area contributed by atoms with Crippen LogP contribution in [-0.2, 0) is 0 Å².